The number of esters is 1. The molecule has 7 rings (SSSR count). The van der Waals surface area contributed by atoms with Gasteiger partial charge in [0.05, 0.1) is 35.1 Å². The first-order valence-electron chi connectivity index (χ1n) is 11.2. The molecule has 2 unspecified atom stereocenters. The second-order valence-corrected chi connectivity index (χ2v) is 10.4. The Morgan fingerprint density at radius 1 is 1.21 bits per heavy atom. The van der Waals surface area contributed by atoms with E-state index in [2.05, 4.69) is 4.90 Å². The lowest BCUT2D eigenvalue weighted by molar-refractivity contribution is -0.157. The number of pyridine rings is 2. The van der Waals surface area contributed by atoms with E-state index in [4.69, 9.17) is 9.72 Å². The van der Waals surface area contributed by atoms with E-state index < -0.39 is 12.1 Å². The number of benzene rings is 1. The number of carbonyl (C=O) groups excluding carboxylic acids is 1. The van der Waals surface area contributed by atoms with Crippen LogP contribution in [0.4, 0.5) is 4.39 Å². The first kappa shape index (κ1) is 20.6. The number of halogens is 1. The van der Waals surface area contributed by atoms with Crippen molar-refractivity contribution < 1.29 is 24.1 Å². The predicted octanol–water partition coefficient (Wildman–Crippen LogP) is 1.79. The molecule has 4 aliphatic heterocycles. The van der Waals surface area contributed by atoms with Crippen LogP contribution in [0.3, 0.4) is 0 Å². The molecule has 0 spiro atoms. The number of aromatic nitrogens is 2. The number of aliphatic hydroxyl groups is 2. The molecule has 6 heterocycles. The van der Waals surface area contributed by atoms with Crippen molar-refractivity contribution in [2.24, 2.45) is 0 Å². The van der Waals surface area contributed by atoms with Gasteiger partial charge in [0.15, 0.2) is 6.10 Å². The SMILES string of the molecule is Cc1c(F)cc2nc3c(c4c2c1SCC4N1CC(O)C1)Cn1c-3cc2c(c1=O)COC(=O)C2O. The van der Waals surface area contributed by atoms with Gasteiger partial charge in [-0.15, -0.1) is 11.8 Å². The Hall–Kier alpha value is -2.79. The van der Waals surface area contributed by atoms with Crippen LogP contribution in [0.1, 0.15) is 40.0 Å². The highest BCUT2D eigenvalue weighted by Crippen LogP contribution is 2.50. The van der Waals surface area contributed by atoms with Gasteiger partial charge in [0, 0.05) is 52.4 Å². The third-order valence-corrected chi connectivity index (χ3v) is 8.76. The normalized spacial score (nSPS) is 23.4. The van der Waals surface area contributed by atoms with Crippen molar-refractivity contribution in [3.8, 4) is 11.4 Å². The standard InChI is InChI=1S/C24H20FN3O5S/c1-9-14(25)3-15-19-18(17(8-34-22(9)19)27-4-10(29)5-27)12-6-28-16(20(12)26-15)2-11-13(23(28)31)7-33-24(32)21(11)30/h2-3,10,17,21,29-30H,4-8H2,1H3. The third kappa shape index (κ3) is 2.56. The number of carbonyl (C=O) groups is 1. The molecule has 1 aromatic carbocycles. The van der Waals surface area contributed by atoms with E-state index in [0.717, 1.165) is 21.4 Å². The Morgan fingerprint density at radius 3 is 2.76 bits per heavy atom. The maximum Gasteiger partial charge on any atom is 0.340 e. The zero-order chi connectivity index (χ0) is 23.5. The first-order chi connectivity index (χ1) is 16.3. The molecule has 0 radical (unpaired) electrons. The van der Waals surface area contributed by atoms with E-state index in [0.29, 0.717) is 47.9 Å². The lowest BCUT2D eigenvalue weighted by atomic mass is 9.91. The lowest BCUT2D eigenvalue weighted by Crippen LogP contribution is -2.53. The molecule has 4 aliphatic rings. The molecule has 2 atom stereocenters. The van der Waals surface area contributed by atoms with Gasteiger partial charge in [-0.2, -0.15) is 0 Å². The topological polar surface area (TPSA) is 105 Å². The molecule has 174 valence electrons. The maximum absolute atomic E-state index is 14.8. The van der Waals surface area contributed by atoms with E-state index in [1.807, 2.05) is 0 Å². The molecule has 0 aliphatic carbocycles. The summed E-state index contributed by atoms with van der Waals surface area (Å²) in [6.07, 6.45) is -1.89. The van der Waals surface area contributed by atoms with Crippen LogP contribution in [-0.4, -0.2) is 55.6 Å². The molecule has 0 bridgehead atoms. The van der Waals surface area contributed by atoms with E-state index in [9.17, 15) is 24.2 Å². The second kappa shape index (κ2) is 6.88. The van der Waals surface area contributed by atoms with Crippen LogP contribution in [0, 0.1) is 12.7 Å². The minimum absolute atomic E-state index is 0.000140. The van der Waals surface area contributed by atoms with Crippen LogP contribution in [0.15, 0.2) is 21.8 Å². The Kier molecular flexibility index (Phi) is 4.16. The van der Waals surface area contributed by atoms with Gasteiger partial charge in [0.25, 0.3) is 5.56 Å². The fourth-order valence-corrected chi connectivity index (χ4v) is 7.06. The fourth-order valence-electron chi connectivity index (χ4n) is 5.68. The molecule has 8 nitrogen and oxygen atoms in total. The van der Waals surface area contributed by atoms with Crippen molar-refractivity contribution in [1.82, 2.24) is 14.5 Å². The number of β-amino-alcohol motifs (C(OH)–C–C–N with tert-alkyl or cyclic N) is 1. The Labute approximate surface area is 197 Å². The molecule has 1 saturated heterocycles. The van der Waals surface area contributed by atoms with Gasteiger partial charge >= 0.3 is 5.97 Å². The molecule has 1 fully saturated rings. The van der Waals surface area contributed by atoms with E-state index in [1.54, 1.807) is 29.3 Å². The molecule has 2 aromatic heterocycles. The largest absolute Gasteiger partial charge is 0.458 e. The number of nitrogens with zero attached hydrogens (tertiary/aromatic N) is 3. The molecule has 0 amide bonds. The van der Waals surface area contributed by atoms with E-state index >= 15 is 0 Å². The minimum Gasteiger partial charge on any atom is -0.458 e. The van der Waals surface area contributed by atoms with E-state index in [-0.39, 0.29) is 41.3 Å². The molecule has 3 aromatic rings. The number of hydrogen-bond acceptors (Lipinski definition) is 8. The van der Waals surface area contributed by atoms with Gasteiger partial charge in [-0.05, 0) is 24.1 Å². The summed E-state index contributed by atoms with van der Waals surface area (Å²) in [7, 11) is 0. The van der Waals surface area contributed by atoms with Crippen LogP contribution in [0.5, 0.6) is 0 Å². The quantitative estimate of drug-likeness (QED) is 0.397. The molecule has 0 saturated carbocycles. The van der Waals surface area contributed by atoms with Gasteiger partial charge in [-0.1, -0.05) is 0 Å². The summed E-state index contributed by atoms with van der Waals surface area (Å²) < 4.78 is 21.4. The predicted molar refractivity (Wildman–Crippen MR) is 121 cm³/mol. The third-order valence-electron chi connectivity index (χ3n) is 7.48. The van der Waals surface area contributed by atoms with Crippen molar-refractivity contribution in [1.29, 1.82) is 0 Å². The van der Waals surface area contributed by atoms with Gasteiger partial charge in [0.1, 0.15) is 12.4 Å². The average molecular weight is 482 g/mol. The van der Waals surface area contributed by atoms with Crippen molar-refractivity contribution in [3.63, 3.8) is 0 Å². The van der Waals surface area contributed by atoms with Gasteiger partial charge < -0.3 is 19.5 Å². The Bertz CT molecular complexity index is 1510. The number of fused-ring (bicyclic) bond motifs is 5. The summed E-state index contributed by atoms with van der Waals surface area (Å²) in [5.41, 5.74) is 4.29. The van der Waals surface area contributed by atoms with Crippen molar-refractivity contribution in [3.05, 3.63) is 56.1 Å². The average Bonchev–Trinajstić information content (AvgIpc) is 3.17. The first-order valence-corrected chi connectivity index (χ1v) is 12.1. The van der Waals surface area contributed by atoms with Crippen LogP contribution < -0.4 is 5.56 Å². The number of thioether (sulfide) groups is 1. The van der Waals surface area contributed by atoms with Gasteiger partial charge in [-0.3, -0.25) is 9.69 Å². The summed E-state index contributed by atoms with van der Waals surface area (Å²) in [5, 5.41) is 21.2. The van der Waals surface area contributed by atoms with Crippen molar-refractivity contribution in [2.45, 2.75) is 43.2 Å². The van der Waals surface area contributed by atoms with Crippen molar-refractivity contribution >= 4 is 28.6 Å². The smallest absolute Gasteiger partial charge is 0.340 e. The number of ether oxygens (including phenoxy) is 1. The number of likely N-dealkylation sites (tertiary alicyclic amines) is 1. The molecule has 2 N–H and O–H groups in total. The summed E-state index contributed by atoms with van der Waals surface area (Å²) in [5.74, 6) is -0.407. The molecule has 10 heteroatoms. The van der Waals surface area contributed by atoms with Crippen LogP contribution >= 0.6 is 11.8 Å². The highest BCUT2D eigenvalue weighted by molar-refractivity contribution is 7.99. The number of hydrogen-bond donors (Lipinski definition) is 2. The van der Waals surface area contributed by atoms with Crippen LogP contribution in [0.25, 0.3) is 22.3 Å². The number of rotatable bonds is 1. The Balaban J connectivity index is 1.52. The highest BCUT2D eigenvalue weighted by Gasteiger charge is 2.41. The Morgan fingerprint density at radius 2 is 2.00 bits per heavy atom. The van der Waals surface area contributed by atoms with Crippen molar-refractivity contribution in [2.75, 3.05) is 18.8 Å². The summed E-state index contributed by atoms with van der Waals surface area (Å²) in [6, 6.07) is 3.09. The second-order valence-electron chi connectivity index (χ2n) is 9.36. The summed E-state index contributed by atoms with van der Waals surface area (Å²) in [6.45, 7) is 3.01. The molecular weight excluding hydrogens is 461 g/mol. The highest BCUT2D eigenvalue weighted by atomic mass is 32.2. The monoisotopic (exact) mass is 481 g/mol. The fraction of sp³-hybridized carbons (Fsp3) is 0.375. The zero-order valence-electron chi connectivity index (χ0n) is 18.2. The van der Waals surface area contributed by atoms with Crippen LogP contribution in [0.2, 0.25) is 0 Å². The number of cyclic esters (lactones) is 1. The molecule has 34 heavy (non-hydrogen) atoms. The van der Waals surface area contributed by atoms with Crippen LogP contribution in [-0.2, 0) is 22.7 Å². The van der Waals surface area contributed by atoms with Gasteiger partial charge in [0.2, 0.25) is 0 Å². The lowest BCUT2D eigenvalue weighted by Gasteiger charge is -2.44. The summed E-state index contributed by atoms with van der Waals surface area (Å²) >= 11 is 1.60. The summed E-state index contributed by atoms with van der Waals surface area (Å²) in [4.78, 5) is 33.2. The number of aliphatic hydroxyl groups excluding tert-OH is 2. The maximum atomic E-state index is 14.8. The minimum atomic E-state index is -1.52. The zero-order valence-corrected chi connectivity index (χ0v) is 19.0. The van der Waals surface area contributed by atoms with Gasteiger partial charge in [-0.25, -0.2) is 14.2 Å². The molecular formula is C24H20FN3O5S. The van der Waals surface area contributed by atoms with E-state index in [1.165, 1.54) is 6.07 Å².